The van der Waals surface area contributed by atoms with Crippen LogP contribution in [-0.4, -0.2) is 30.5 Å². The summed E-state index contributed by atoms with van der Waals surface area (Å²) in [6, 6.07) is 21.1. The van der Waals surface area contributed by atoms with E-state index in [1.165, 1.54) is 0 Å². The van der Waals surface area contributed by atoms with E-state index in [0.717, 1.165) is 24.2 Å². The largest absolute Gasteiger partial charge is 0.304 e. The average molecular weight is 372 g/mol. The Morgan fingerprint density at radius 3 is 2.43 bits per heavy atom. The lowest BCUT2D eigenvalue weighted by atomic mass is 10.2. The van der Waals surface area contributed by atoms with Crippen LogP contribution in [0, 0.1) is 0 Å². The van der Waals surface area contributed by atoms with Gasteiger partial charge >= 0.3 is 0 Å². The van der Waals surface area contributed by atoms with E-state index in [4.69, 9.17) is 0 Å². The fourth-order valence-corrected chi connectivity index (χ4v) is 2.93. The van der Waals surface area contributed by atoms with Gasteiger partial charge in [-0.05, 0) is 18.6 Å². The van der Waals surface area contributed by atoms with Gasteiger partial charge in [-0.15, -0.1) is 5.10 Å². The molecule has 2 aromatic carbocycles. The highest BCUT2D eigenvalue weighted by molar-refractivity contribution is 6.01. The lowest BCUT2D eigenvalue weighted by molar-refractivity contribution is 0.101. The van der Waals surface area contributed by atoms with Crippen LogP contribution < -0.4 is 5.32 Å². The van der Waals surface area contributed by atoms with E-state index in [9.17, 15) is 4.79 Å². The summed E-state index contributed by atoms with van der Waals surface area (Å²) >= 11 is 0. The van der Waals surface area contributed by atoms with E-state index in [-0.39, 0.29) is 11.7 Å². The molecule has 0 saturated carbocycles. The van der Waals surface area contributed by atoms with Crippen molar-refractivity contribution >= 4 is 11.7 Å². The maximum atomic E-state index is 12.8. The van der Waals surface area contributed by atoms with Crippen LogP contribution in [0.25, 0.3) is 17.1 Å². The SMILES string of the molecule is CCCn1nccc1NC(=O)c1nc(-c2ccccc2)n(-c2ccccc2)n1. The van der Waals surface area contributed by atoms with E-state index in [1.807, 2.05) is 60.7 Å². The molecular formula is C21H20N6O. The van der Waals surface area contributed by atoms with Crippen molar-refractivity contribution in [3.8, 4) is 17.1 Å². The number of nitrogens with one attached hydrogen (secondary N) is 1. The van der Waals surface area contributed by atoms with Gasteiger partial charge in [0.25, 0.3) is 5.91 Å². The number of amides is 1. The lowest BCUT2D eigenvalue weighted by Crippen LogP contribution is -2.17. The van der Waals surface area contributed by atoms with Crippen molar-refractivity contribution in [1.29, 1.82) is 0 Å². The second-order valence-corrected chi connectivity index (χ2v) is 6.27. The first-order valence-electron chi connectivity index (χ1n) is 9.17. The molecule has 0 fully saturated rings. The first-order valence-corrected chi connectivity index (χ1v) is 9.17. The van der Waals surface area contributed by atoms with E-state index in [1.54, 1.807) is 21.6 Å². The van der Waals surface area contributed by atoms with Gasteiger partial charge in [-0.1, -0.05) is 55.5 Å². The molecule has 28 heavy (non-hydrogen) atoms. The normalized spacial score (nSPS) is 10.8. The second kappa shape index (κ2) is 7.87. The summed E-state index contributed by atoms with van der Waals surface area (Å²) in [6.07, 6.45) is 2.58. The number of carbonyl (C=O) groups excluding carboxylic acids is 1. The Morgan fingerprint density at radius 1 is 1.00 bits per heavy atom. The molecule has 0 aliphatic heterocycles. The average Bonchev–Trinajstić information content (AvgIpc) is 3.37. The van der Waals surface area contributed by atoms with Gasteiger partial charge in [0, 0.05) is 18.2 Å². The standard InChI is InChI=1S/C21H20N6O/c1-2-15-26-18(13-14-22-26)23-21(28)19-24-20(16-9-5-3-6-10-16)27(25-19)17-11-7-4-8-12-17/h3-14H,2,15H2,1H3,(H,23,28). The van der Waals surface area contributed by atoms with Crippen LogP contribution in [0.4, 0.5) is 5.82 Å². The Labute approximate surface area is 162 Å². The van der Waals surface area contributed by atoms with E-state index < -0.39 is 0 Å². The molecular weight excluding hydrogens is 352 g/mol. The molecule has 140 valence electrons. The summed E-state index contributed by atoms with van der Waals surface area (Å²) in [6.45, 7) is 2.78. The van der Waals surface area contributed by atoms with Crippen molar-refractivity contribution in [2.45, 2.75) is 19.9 Å². The first kappa shape index (κ1) is 17.7. The number of rotatable bonds is 6. The number of anilines is 1. The fourth-order valence-electron chi connectivity index (χ4n) is 2.93. The van der Waals surface area contributed by atoms with Crippen LogP contribution in [0.2, 0.25) is 0 Å². The minimum absolute atomic E-state index is 0.104. The Kier molecular flexibility index (Phi) is 4.97. The molecule has 0 spiro atoms. The summed E-state index contributed by atoms with van der Waals surface area (Å²) in [5, 5.41) is 11.6. The van der Waals surface area contributed by atoms with Gasteiger partial charge in [-0.25, -0.2) is 14.3 Å². The molecule has 0 saturated heterocycles. The fraction of sp³-hybridized carbons (Fsp3) is 0.143. The Morgan fingerprint density at radius 2 is 1.71 bits per heavy atom. The topological polar surface area (TPSA) is 77.6 Å². The highest BCUT2D eigenvalue weighted by atomic mass is 16.2. The van der Waals surface area contributed by atoms with Gasteiger partial charge in [0.2, 0.25) is 5.82 Å². The molecule has 0 aliphatic rings. The minimum atomic E-state index is -0.371. The van der Waals surface area contributed by atoms with Crippen LogP contribution in [-0.2, 0) is 6.54 Å². The molecule has 4 rings (SSSR count). The summed E-state index contributed by atoms with van der Waals surface area (Å²) < 4.78 is 3.44. The number of nitrogens with zero attached hydrogens (tertiary/aromatic N) is 5. The molecule has 1 amide bonds. The quantitative estimate of drug-likeness (QED) is 0.558. The molecule has 0 atom stereocenters. The van der Waals surface area contributed by atoms with Crippen molar-refractivity contribution < 1.29 is 4.79 Å². The number of hydrogen-bond acceptors (Lipinski definition) is 4. The number of para-hydroxylation sites is 1. The second-order valence-electron chi connectivity index (χ2n) is 6.27. The zero-order valence-electron chi connectivity index (χ0n) is 15.5. The van der Waals surface area contributed by atoms with Crippen molar-refractivity contribution in [2.75, 3.05) is 5.32 Å². The third-order valence-corrected chi connectivity index (χ3v) is 4.24. The van der Waals surface area contributed by atoms with E-state index in [0.29, 0.717) is 11.6 Å². The first-order chi connectivity index (χ1) is 13.8. The smallest absolute Gasteiger partial charge is 0.296 e. The van der Waals surface area contributed by atoms with Crippen molar-refractivity contribution in [1.82, 2.24) is 24.5 Å². The van der Waals surface area contributed by atoms with Gasteiger partial charge < -0.3 is 5.32 Å². The van der Waals surface area contributed by atoms with E-state index in [2.05, 4.69) is 27.4 Å². The Hall–Kier alpha value is -3.74. The van der Waals surface area contributed by atoms with Crippen molar-refractivity contribution in [3.63, 3.8) is 0 Å². The summed E-state index contributed by atoms with van der Waals surface area (Å²) in [5.41, 5.74) is 1.72. The van der Waals surface area contributed by atoms with Crippen molar-refractivity contribution in [3.05, 3.63) is 78.8 Å². The number of benzene rings is 2. The Balaban J connectivity index is 1.71. The van der Waals surface area contributed by atoms with Crippen LogP contribution in [0.1, 0.15) is 24.0 Å². The maximum absolute atomic E-state index is 12.8. The zero-order chi connectivity index (χ0) is 19.3. The minimum Gasteiger partial charge on any atom is -0.304 e. The van der Waals surface area contributed by atoms with Gasteiger partial charge in [0.05, 0.1) is 11.9 Å². The maximum Gasteiger partial charge on any atom is 0.296 e. The molecule has 4 aromatic rings. The Bertz CT molecular complexity index is 1010. The van der Waals surface area contributed by atoms with Crippen LogP contribution in [0.5, 0.6) is 0 Å². The summed E-state index contributed by atoms with van der Waals surface area (Å²) in [5.74, 6) is 0.972. The van der Waals surface area contributed by atoms with Gasteiger partial charge in [-0.2, -0.15) is 5.10 Å². The highest BCUT2D eigenvalue weighted by Gasteiger charge is 2.19. The molecule has 7 heteroatoms. The zero-order valence-corrected chi connectivity index (χ0v) is 15.5. The summed E-state index contributed by atoms with van der Waals surface area (Å²) in [7, 11) is 0. The van der Waals surface area contributed by atoms with Gasteiger partial charge in [-0.3, -0.25) is 4.79 Å². The number of aromatic nitrogens is 5. The van der Waals surface area contributed by atoms with Crippen LogP contribution >= 0.6 is 0 Å². The monoisotopic (exact) mass is 372 g/mol. The van der Waals surface area contributed by atoms with Crippen molar-refractivity contribution in [2.24, 2.45) is 0 Å². The molecule has 0 bridgehead atoms. The van der Waals surface area contributed by atoms with Crippen LogP contribution in [0.15, 0.2) is 72.9 Å². The lowest BCUT2D eigenvalue weighted by Gasteiger charge is -2.06. The highest BCUT2D eigenvalue weighted by Crippen LogP contribution is 2.21. The third kappa shape index (κ3) is 3.55. The third-order valence-electron chi connectivity index (χ3n) is 4.24. The van der Waals surface area contributed by atoms with Gasteiger partial charge in [0.15, 0.2) is 5.82 Å². The predicted octanol–water partition coefficient (Wildman–Crippen LogP) is 3.79. The molecule has 0 unspecified atom stereocenters. The number of aryl methyl sites for hydroxylation is 1. The molecule has 0 radical (unpaired) electrons. The van der Waals surface area contributed by atoms with E-state index >= 15 is 0 Å². The number of carbonyl (C=O) groups is 1. The molecule has 7 nitrogen and oxygen atoms in total. The summed E-state index contributed by atoms with van der Waals surface area (Å²) in [4.78, 5) is 17.3. The molecule has 2 heterocycles. The number of hydrogen-bond donors (Lipinski definition) is 1. The van der Waals surface area contributed by atoms with Gasteiger partial charge in [0.1, 0.15) is 5.82 Å². The molecule has 2 aromatic heterocycles. The van der Waals surface area contributed by atoms with Crippen LogP contribution in [0.3, 0.4) is 0 Å². The molecule has 1 N–H and O–H groups in total. The molecule has 0 aliphatic carbocycles. The predicted molar refractivity (Wildman–Crippen MR) is 107 cm³/mol.